The third-order valence-corrected chi connectivity index (χ3v) is 14.5. The monoisotopic (exact) mass is 1060 g/mol. The van der Waals surface area contributed by atoms with E-state index in [1.54, 1.807) is 0 Å². The number of pyridine rings is 1. The first-order valence-electron chi connectivity index (χ1n) is 23.4. The average Bonchev–Trinajstić information content (AvgIpc) is 3.51. The molecule has 3 heterocycles. The van der Waals surface area contributed by atoms with E-state index in [4.69, 9.17) is 19.5 Å². The van der Waals surface area contributed by atoms with Crippen LogP contribution in [0.4, 0.5) is 17.2 Å². The Hall–Kier alpha value is -4.99. The molecule has 2 aliphatic heterocycles. The van der Waals surface area contributed by atoms with Gasteiger partial charge in [-0.15, -0.1) is 29.8 Å². The summed E-state index contributed by atoms with van der Waals surface area (Å²) in [4.78, 5) is 12.9. The molecule has 9 rings (SSSR count). The molecule has 6 heteroatoms. The number of aliphatic imine (C=N–C) groups is 1. The maximum Gasteiger partial charge on any atom is 2.00 e. The Bertz CT molecular complexity index is 2950. The molecule has 66 heavy (non-hydrogen) atoms. The predicted octanol–water partition coefficient (Wildman–Crippen LogP) is 15.7. The quantitative estimate of drug-likeness (QED) is 0.165. The van der Waals surface area contributed by atoms with Crippen molar-refractivity contribution in [3.05, 3.63) is 165 Å². The van der Waals surface area contributed by atoms with Crippen LogP contribution in [0.15, 0.2) is 102 Å². The zero-order valence-electron chi connectivity index (χ0n) is 42.2. The molecule has 2 atom stereocenters. The van der Waals surface area contributed by atoms with Gasteiger partial charge in [-0.25, -0.2) is 4.98 Å². The van der Waals surface area contributed by atoms with Crippen LogP contribution in [0.5, 0.6) is 11.5 Å². The van der Waals surface area contributed by atoms with Crippen molar-refractivity contribution in [3.8, 4) is 22.6 Å². The standard InChI is InChI=1S/C60H67N3O2.Pt/c1-36-27-42(63-51-25-22-40(56(8,9)10)34-50(51)58(14,15)49-19-18-26-61-52(49)63)35-43(28-36)64-44-30-37(29-41(31-44)57(11,12)13)53-62-59(16)47-23-20-38(54(2,3)4)32-45(47)46-33-39(55(5,6)7)21-24-48(46)60(59,17)65-53;/h18-29,31-34H,1-17H3;/q-2;+2/t59-,60+;/m1./s1. The van der Waals surface area contributed by atoms with Gasteiger partial charge in [0.15, 0.2) is 0 Å². The fraction of sp³-hybridized carbons (Fsp3) is 0.400. The van der Waals surface area contributed by atoms with Gasteiger partial charge in [0.25, 0.3) is 0 Å². The van der Waals surface area contributed by atoms with Crippen LogP contribution >= 0.6 is 0 Å². The fourth-order valence-corrected chi connectivity index (χ4v) is 10.0. The van der Waals surface area contributed by atoms with Crippen molar-refractivity contribution >= 4 is 23.1 Å². The molecular weight excluding hydrogens is 990 g/mol. The van der Waals surface area contributed by atoms with Gasteiger partial charge in [0.05, 0.1) is 0 Å². The Morgan fingerprint density at radius 1 is 0.576 bits per heavy atom. The van der Waals surface area contributed by atoms with Gasteiger partial charge in [-0.1, -0.05) is 182 Å². The summed E-state index contributed by atoms with van der Waals surface area (Å²) >= 11 is 0. The van der Waals surface area contributed by atoms with Gasteiger partial charge in [-0.2, -0.15) is 5.56 Å². The normalized spacial score (nSPS) is 19.6. The zero-order chi connectivity index (χ0) is 47.0. The number of benzene rings is 5. The van der Waals surface area contributed by atoms with Crippen LogP contribution in [0.25, 0.3) is 11.1 Å². The summed E-state index contributed by atoms with van der Waals surface area (Å²) in [6.45, 7) is 38.3. The van der Waals surface area contributed by atoms with E-state index >= 15 is 0 Å². The van der Waals surface area contributed by atoms with Gasteiger partial charge in [0.1, 0.15) is 22.9 Å². The molecule has 0 saturated carbocycles. The molecular formula is C60H67N3O2Pt. The second-order valence-electron chi connectivity index (χ2n) is 23.9. The molecule has 1 aliphatic carbocycles. The molecule has 0 radical (unpaired) electrons. The van der Waals surface area contributed by atoms with Gasteiger partial charge in [0.2, 0.25) is 0 Å². The van der Waals surface area contributed by atoms with E-state index in [9.17, 15) is 0 Å². The molecule has 5 aromatic carbocycles. The summed E-state index contributed by atoms with van der Waals surface area (Å²) in [6.07, 6.45) is 1.88. The molecule has 0 saturated heterocycles. The minimum absolute atomic E-state index is 0. The fourth-order valence-electron chi connectivity index (χ4n) is 10.0. The molecule has 0 spiro atoms. The number of hydrogen-bond acceptors (Lipinski definition) is 5. The average molecular weight is 1060 g/mol. The van der Waals surface area contributed by atoms with Gasteiger partial charge in [0, 0.05) is 39.9 Å². The van der Waals surface area contributed by atoms with Gasteiger partial charge >= 0.3 is 21.1 Å². The number of hydrogen-bond donors (Lipinski definition) is 0. The smallest absolute Gasteiger partial charge is 0.507 e. The topological polar surface area (TPSA) is 47.0 Å². The first-order chi connectivity index (χ1) is 30.1. The number of fused-ring (bicyclic) bond motifs is 8. The Morgan fingerprint density at radius 2 is 1.14 bits per heavy atom. The van der Waals surface area contributed by atoms with Gasteiger partial charge < -0.3 is 14.4 Å². The van der Waals surface area contributed by atoms with E-state index in [1.807, 2.05) is 18.3 Å². The summed E-state index contributed by atoms with van der Waals surface area (Å²) in [6, 6.07) is 40.9. The second kappa shape index (κ2) is 15.5. The van der Waals surface area contributed by atoms with Crippen molar-refractivity contribution < 1.29 is 30.5 Å². The molecule has 3 aliphatic rings. The molecule has 0 unspecified atom stereocenters. The van der Waals surface area contributed by atoms with Gasteiger partial charge in [-0.3, -0.25) is 4.99 Å². The minimum atomic E-state index is -0.784. The number of rotatable bonds is 4. The summed E-state index contributed by atoms with van der Waals surface area (Å²) in [5.74, 6) is 2.63. The number of aryl methyl sites for hydroxylation is 1. The third-order valence-electron chi connectivity index (χ3n) is 14.5. The maximum atomic E-state index is 7.29. The predicted molar refractivity (Wildman–Crippen MR) is 269 cm³/mol. The van der Waals surface area contributed by atoms with E-state index in [1.165, 1.54) is 44.5 Å². The van der Waals surface area contributed by atoms with Crippen molar-refractivity contribution in [1.82, 2.24) is 4.98 Å². The molecule has 0 bridgehead atoms. The van der Waals surface area contributed by atoms with E-state index < -0.39 is 11.1 Å². The van der Waals surface area contributed by atoms with E-state index in [2.05, 4.69) is 214 Å². The summed E-state index contributed by atoms with van der Waals surface area (Å²) < 4.78 is 14.2. The number of anilines is 3. The Balaban J connectivity index is 0.00000592. The largest absolute Gasteiger partial charge is 2.00 e. The van der Waals surface area contributed by atoms with Crippen LogP contribution < -0.4 is 9.64 Å². The molecule has 6 aromatic rings. The number of aromatic nitrogens is 1. The molecule has 0 amide bonds. The zero-order valence-corrected chi connectivity index (χ0v) is 44.5. The van der Waals surface area contributed by atoms with E-state index in [0.717, 1.165) is 39.4 Å². The van der Waals surface area contributed by atoms with Crippen molar-refractivity contribution in [2.45, 2.75) is 156 Å². The van der Waals surface area contributed by atoms with Gasteiger partial charge in [-0.05, 0) is 86.6 Å². The van der Waals surface area contributed by atoms with E-state index in [-0.39, 0.29) is 48.1 Å². The summed E-state index contributed by atoms with van der Waals surface area (Å²) in [5, 5.41) is 0. The SMILES string of the molecule is Cc1cc(Oc2[c-]c(C3=N[C@]4(C)c5ccc(C(C)(C)C)cc5-c5cc(C(C)(C)C)ccc5[C@]4(C)O3)cc(C(C)(C)C)c2)[c-]c(N2c3ccc(C(C)(C)C)cc3C(C)(C)c3cccnc32)c1.[Pt+2]. The Kier molecular flexibility index (Phi) is 11.2. The minimum Gasteiger partial charge on any atom is -0.507 e. The van der Waals surface area contributed by atoms with Crippen LogP contribution in [0, 0.1) is 19.1 Å². The molecule has 1 aromatic heterocycles. The number of ether oxygens (including phenoxy) is 2. The van der Waals surface area contributed by atoms with Crippen molar-refractivity contribution in [1.29, 1.82) is 0 Å². The van der Waals surface area contributed by atoms with Crippen LogP contribution in [0.1, 0.15) is 166 Å². The van der Waals surface area contributed by atoms with Crippen molar-refractivity contribution in [2.24, 2.45) is 4.99 Å². The van der Waals surface area contributed by atoms with Crippen LogP contribution in [0.2, 0.25) is 0 Å². The van der Waals surface area contributed by atoms with Crippen molar-refractivity contribution in [2.75, 3.05) is 4.90 Å². The Labute approximate surface area is 409 Å². The Morgan fingerprint density at radius 3 is 1.76 bits per heavy atom. The maximum absolute atomic E-state index is 7.29. The first kappa shape index (κ1) is 47.5. The van der Waals surface area contributed by atoms with Crippen LogP contribution in [-0.4, -0.2) is 10.9 Å². The molecule has 0 N–H and O–H groups in total. The molecule has 0 fully saturated rings. The first-order valence-corrected chi connectivity index (χ1v) is 23.4. The number of nitrogens with zero attached hydrogens (tertiary/aromatic N) is 3. The van der Waals surface area contributed by atoms with Crippen molar-refractivity contribution in [3.63, 3.8) is 0 Å². The second-order valence-corrected chi connectivity index (χ2v) is 23.9. The van der Waals surface area contributed by atoms with Crippen LogP contribution in [0.3, 0.4) is 0 Å². The molecule has 5 nitrogen and oxygen atoms in total. The summed E-state index contributed by atoms with van der Waals surface area (Å²) in [7, 11) is 0. The summed E-state index contributed by atoms with van der Waals surface area (Å²) in [5.41, 5.74) is 13.9. The van der Waals surface area contributed by atoms with Crippen LogP contribution in [-0.2, 0) is 64.0 Å². The van der Waals surface area contributed by atoms with E-state index in [0.29, 0.717) is 17.4 Å². The third kappa shape index (κ3) is 7.76. The molecule has 344 valence electrons.